The highest BCUT2D eigenvalue weighted by Gasteiger charge is 2.21. The molecule has 0 bridgehead atoms. The number of aryl methyl sites for hydroxylation is 1. The molecular weight excluding hydrogens is 297 g/mol. The molecular formula is C19H20BN3O. The average Bonchev–Trinajstić information content (AvgIpc) is 3.00. The molecule has 1 aliphatic carbocycles. The van der Waals surface area contributed by atoms with Crippen molar-refractivity contribution in [3.8, 4) is 0 Å². The van der Waals surface area contributed by atoms with Crippen molar-refractivity contribution in [2.45, 2.75) is 32.4 Å². The van der Waals surface area contributed by atoms with Gasteiger partial charge in [-0.3, -0.25) is 4.79 Å². The van der Waals surface area contributed by atoms with Crippen LogP contribution in [0, 0.1) is 0 Å². The van der Waals surface area contributed by atoms with Crippen LogP contribution in [0.1, 0.15) is 18.1 Å². The first-order valence-corrected chi connectivity index (χ1v) is 8.49. The van der Waals surface area contributed by atoms with Gasteiger partial charge in [-0.15, -0.1) is 0 Å². The van der Waals surface area contributed by atoms with E-state index in [1.54, 1.807) is 0 Å². The lowest BCUT2D eigenvalue weighted by atomic mass is 9.96. The molecule has 3 aromatic rings. The maximum Gasteiger partial charge on any atom is 0.184 e. The van der Waals surface area contributed by atoms with Crippen LogP contribution in [-0.2, 0) is 19.4 Å². The number of pyridine rings is 2. The number of rotatable bonds is 3. The SMILES string of the molecule is Bc1cn(CC)c2ncc(NC3Cc4ccccc4C3)cc2c1=O. The largest absolute Gasteiger partial charge is 0.380 e. The molecule has 0 radical (unpaired) electrons. The first-order valence-electron chi connectivity index (χ1n) is 8.49. The number of hydrogen-bond acceptors (Lipinski definition) is 3. The molecule has 0 spiro atoms. The van der Waals surface area contributed by atoms with Gasteiger partial charge in [-0.05, 0) is 42.4 Å². The molecule has 0 saturated carbocycles. The minimum Gasteiger partial charge on any atom is -0.380 e. The third kappa shape index (κ3) is 2.50. The molecule has 0 fully saturated rings. The Bertz CT molecular complexity index is 955. The zero-order valence-corrected chi connectivity index (χ0v) is 14.0. The fourth-order valence-electron chi connectivity index (χ4n) is 3.64. The van der Waals surface area contributed by atoms with Crippen molar-refractivity contribution in [1.29, 1.82) is 0 Å². The molecule has 2 aromatic heterocycles. The van der Waals surface area contributed by atoms with E-state index in [-0.39, 0.29) is 5.43 Å². The molecule has 2 heterocycles. The molecule has 5 heteroatoms. The first kappa shape index (κ1) is 15.0. The highest BCUT2D eigenvalue weighted by Crippen LogP contribution is 2.24. The second-order valence-corrected chi connectivity index (χ2v) is 6.54. The first-order chi connectivity index (χ1) is 11.7. The van der Waals surface area contributed by atoms with Gasteiger partial charge in [0, 0.05) is 18.8 Å². The minimum atomic E-state index is 0.0700. The molecule has 0 saturated heterocycles. The maximum atomic E-state index is 12.5. The molecule has 24 heavy (non-hydrogen) atoms. The van der Waals surface area contributed by atoms with Crippen LogP contribution in [0.25, 0.3) is 11.0 Å². The summed E-state index contributed by atoms with van der Waals surface area (Å²) in [5, 5.41) is 4.25. The molecule has 1 aliphatic rings. The molecule has 1 N–H and O–H groups in total. The van der Waals surface area contributed by atoms with Crippen LogP contribution < -0.4 is 16.2 Å². The Labute approximate surface area is 142 Å². The Hall–Kier alpha value is -2.56. The summed E-state index contributed by atoms with van der Waals surface area (Å²) in [5.74, 6) is 0. The number of fused-ring (bicyclic) bond motifs is 2. The Balaban J connectivity index is 1.67. The van der Waals surface area contributed by atoms with E-state index in [9.17, 15) is 4.79 Å². The number of hydrogen-bond donors (Lipinski definition) is 1. The number of aromatic nitrogens is 2. The molecule has 120 valence electrons. The smallest absolute Gasteiger partial charge is 0.184 e. The van der Waals surface area contributed by atoms with E-state index >= 15 is 0 Å². The summed E-state index contributed by atoms with van der Waals surface area (Å²) < 4.78 is 2.03. The monoisotopic (exact) mass is 317 g/mol. The van der Waals surface area contributed by atoms with Crippen LogP contribution in [0.15, 0.2) is 47.5 Å². The van der Waals surface area contributed by atoms with E-state index < -0.39 is 0 Å². The predicted molar refractivity (Wildman–Crippen MR) is 101 cm³/mol. The molecule has 0 aliphatic heterocycles. The van der Waals surface area contributed by atoms with Crippen LogP contribution in [0.3, 0.4) is 0 Å². The summed E-state index contributed by atoms with van der Waals surface area (Å²) in [6.45, 7) is 2.86. The van der Waals surface area contributed by atoms with Crippen molar-refractivity contribution in [1.82, 2.24) is 9.55 Å². The number of benzene rings is 1. The van der Waals surface area contributed by atoms with Crippen LogP contribution in [0.4, 0.5) is 5.69 Å². The Morgan fingerprint density at radius 1 is 1.29 bits per heavy atom. The van der Waals surface area contributed by atoms with Gasteiger partial charge in [0.2, 0.25) is 0 Å². The summed E-state index contributed by atoms with van der Waals surface area (Å²) in [5.41, 5.74) is 5.33. The van der Waals surface area contributed by atoms with Gasteiger partial charge >= 0.3 is 0 Å². The van der Waals surface area contributed by atoms with Crippen LogP contribution in [0.5, 0.6) is 0 Å². The van der Waals surface area contributed by atoms with Gasteiger partial charge in [0.05, 0.1) is 17.3 Å². The van der Waals surface area contributed by atoms with Gasteiger partial charge in [0.15, 0.2) is 5.43 Å². The molecule has 0 unspecified atom stereocenters. The Morgan fingerprint density at radius 3 is 2.67 bits per heavy atom. The number of nitrogens with one attached hydrogen (secondary N) is 1. The molecule has 1 aromatic carbocycles. The van der Waals surface area contributed by atoms with E-state index in [0.717, 1.165) is 36.2 Å². The zero-order chi connectivity index (χ0) is 16.7. The lowest BCUT2D eigenvalue weighted by molar-refractivity contribution is 0.770. The summed E-state index contributed by atoms with van der Waals surface area (Å²) >= 11 is 0. The van der Waals surface area contributed by atoms with Gasteiger partial charge in [-0.25, -0.2) is 4.98 Å². The van der Waals surface area contributed by atoms with E-state index in [2.05, 4.69) is 41.5 Å². The van der Waals surface area contributed by atoms with Crippen LogP contribution in [-0.4, -0.2) is 23.4 Å². The van der Waals surface area contributed by atoms with Crippen LogP contribution >= 0.6 is 0 Å². The Morgan fingerprint density at radius 2 is 2.00 bits per heavy atom. The van der Waals surface area contributed by atoms with Gasteiger partial charge in [0.1, 0.15) is 13.5 Å². The van der Waals surface area contributed by atoms with Crippen molar-refractivity contribution in [2.75, 3.05) is 5.32 Å². The lowest BCUT2D eigenvalue weighted by Crippen LogP contribution is -2.28. The highest BCUT2D eigenvalue weighted by molar-refractivity contribution is 6.32. The van der Waals surface area contributed by atoms with Crippen molar-refractivity contribution in [2.24, 2.45) is 0 Å². The van der Waals surface area contributed by atoms with E-state index in [4.69, 9.17) is 0 Å². The topological polar surface area (TPSA) is 46.9 Å². The molecule has 0 atom stereocenters. The average molecular weight is 317 g/mol. The number of anilines is 1. The van der Waals surface area contributed by atoms with Gasteiger partial charge in [-0.2, -0.15) is 0 Å². The Kier molecular flexibility index (Phi) is 3.64. The summed E-state index contributed by atoms with van der Waals surface area (Å²) in [4.78, 5) is 17.0. The second-order valence-electron chi connectivity index (χ2n) is 6.54. The predicted octanol–water partition coefficient (Wildman–Crippen LogP) is 1.25. The van der Waals surface area contributed by atoms with Gasteiger partial charge in [-0.1, -0.05) is 24.3 Å². The fraction of sp³-hybridized carbons (Fsp3) is 0.263. The standard InChI is InChI=1S/C19H20BN3O/c1-2-23-11-17(20)18(24)16-9-15(10-21-19(16)23)22-14-7-12-5-3-4-6-13(12)8-14/h3-6,9-11,14,22H,2,7-8,20H2,1H3. The van der Waals surface area contributed by atoms with Crippen LogP contribution in [0.2, 0.25) is 0 Å². The normalized spacial score (nSPS) is 14.0. The summed E-state index contributed by atoms with van der Waals surface area (Å²) in [7, 11) is 1.86. The maximum absolute atomic E-state index is 12.5. The van der Waals surface area contributed by atoms with Gasteiger partial charge in [0.25, 0.3) is 0 Å². The molecule has 0 amide bonds. The number of nitrogens with zero attached hydrogens (tertiary/aromatic N) is 2. The zero-order valence-electron chi connectivity index (χ0n) is 14.0. The van der Waals surface area contributed by atoms with Crippen molar-refractivity contribution < 1.29 is 0 Å². The quantitative estimate of drug-likeness (QED) is 0.740. The van der Waals surface area contributed by atoms with Crippen molar-refractivity contribution in [3.63, 3.8) is 0 Å². The van der Waals surface area contributed by atoms with E-state index in [1.807, 2.05) is 30.9 Å². The van der Waals surface area contributed by atoms with E-state index in [1.165, 1.54) is 11.1 Å². The highest BCUT2D eigenvalue weighted by atomic mass is 16.1. The molecule has 4 nitrogen and oxygen atoms in total. The minimum absolute atomic E-state index is 0.0700. The van der Waals surface area contributed by atoms with Gasteiger partial charge < -0.3 is 9.88 Å². The fourth-order valence-corrected chi connectivity index (χ4v) is 3.64. The summed E-state index contributed by atoms with van der Waals surface area (Å²) in [6, 6.07) is 10.9. The molecule has 4 rings (SSSR count). The van der Waals surface area contributed by atoms with Crippen molar-refractivity contribution in [3.05, 3.63) is 64.1 Å². The summed E-state index contributed by atoms with van der Waals surface area (Å²) in [6.07, 6.45) is 5.76. The third-order valence-electron chi connectivity index (χ3n) is 4.85. The van der Waals surface area contributed by atoms with E-state index in [0.29, 0.717) is 11.4 Å². The lowest BCUT2D eigenvalue weighted by Gasteiger charge is -2.15. The second kappa shape index (κ2) is 5.82. The van der Waals surface area contributed by atoms with Crippen molar-refractivity contribution >= 4 is 30.0 Å². The third-order valence-corrected chi connectivity index (χ3v) is 4.85.